The van der Waals surface area contributed by atoms with E-state index in [4.69, 9.17) is 0 Å². The van der Waals surface area contributed by atoms with E-state index in [1.54, 1.807) is 10.9 Å². The first-order valence-electron chi connectivity index (χ1n) is 8.08. The van der Waals surface area contributed by atoms with Crippen LogP contribution in [0.25, 0.3) is 0 Å². The van der Waals surface area contributed by atoms with Gasteiger partial charge in [-0.1, -0.05) is 0 Å². The topological polar surface area (TPSA) is 67.2 Å². The highest BCUT2D eigenvalue weighted by atomic mass is 32.2. The van der Waals surface area contributed by atoms with Gasteiger partial charge < -0.3 is 10.2 Å². The molecule has 0 aliphatic carbocycles. The molecule has 3 rings (SSSR count). The van der Waals surface area contributed by atoms with Crippen LogP contribution in [-0.2, 0) is 16.9 Å². The van der Waals surface area contributed by atoms with Gasteiger partial charge in [-0.05, 0) is 37.1 Å². The molecule has 142 valence electrons. The Labute approximate surface area is 149 Å². The van der Waals surface area contributed by atoms with Gasteiger partial charge in [0.25, 0.3) is 9.84 Å². The van der Waals surface area contributed by atoms with E-state index in [0.29, 0.717) is 5.69 Å². The Bertz CT molecular complexity index is 862. The molecule has 2 heterocycles. The van der Waals surface area contributed by atoms with Crippen molar-refractivity contribution in [3.8, 4) is 0 Å². The molecule has 0 radical (unpaired) electrons. The van der Waals surface area contributed by atoms with Gasteiger partial charge in [-0.15, -0.1) is 0 Å². The molecule has 1 unspecified atom stereocenters. The minimum absolute atomic E-state index is 0.106. The van der Waals surface area contributed by atoms with Crippen molar-refractivity contribution in [3.05, 3.63) is 36.7 Å². The molecule has 6 nitrogen and oxygen atoms in total. The number of rotatable bonds is 4. The summed E-state index contributed by atoms with van der Waals surface area (Å²) in [5.74, 6) is 0. The fraction of sp³-hybridized carbons (Fsp3) is 0.438. The van der Waals surface area contributed by atoms with Gasteiger partial charge in [-0.2, -0.15) is 18.3 Å². The summed E-state index contributed by atoms with van der Waals surface area (Å²) >= 11 is 0. The molecule has 1 fully saturated rings. The van der Waals surface area contributed by atoms with Crippen LogP contribution in [0.2, 0.25) is 0 Å². The number of aryl methyl sites for hydroxylation is 1. The lowest BCUT2D eigenvalue weighted by molar-refractivity contribution is -0.0436. The number of benzene rings is 1. The van der Waals surface area contributed by atoms with Crippen molar-refractivity contribution in [1.82, 2.24) is 9.78 Å². The van der Waals surface area contributed by atoms with Crippen LogP contribution in [0.15, 0.2) is 41.6 Å². The number of nitrogens with one attached hydrogen (secondary N) is 1. The number of hydrogen-bond acceptors (Lipinski definition) is 5. The van der Waals surface area contributed by atoms with Crippen LogP contribution in [-0.4, -0.2) is 42.8 Å². The van der Waals surface area contributed by atoms with E-state index in [2.05, 4.69) is 15.3 Å². The summed E-state index contributed by atoms with van der Waals surface area (Å²) in [6.07, 6.45) is 5.60. The Morgan fingerprint density at radius 3 is 2.50 bits per heavy atom. The van der Waals surface area contributed by atoms with Crippen LogP contribution in [0, 0.1) is 0 Å². The Hall–Kier alpha value is -2.23. The summed E-state index contributed by atoms with van der Waals surface area (Å²) in [5.41, 5.74) is -3.69. The molecule has 1 aliphatic rings. The number of piperidine rings is 1. The summed E-state index contributed by atoms with van der Waals surface area (Å²) in [5, 5.41) is 7.42. The van der Waals surface area contributed by atoms with Crippen LogP contribution < -0.4 is 10.2 Å². The van der Waals surface area contributed by atoms with Crippen LogP contribution in [0.3, 0.4) is 0 Å². The zero-order valence-electron chi connectivity index (χ0n) is 14.1. The third kappa shape index (κ3) is 3.79. The van der Waals surface area contributed by atoms with Gasteiger partial charge in [-0.3, -0.25) is 4.68 Å². The van der Waals surface area contributed by atoms with E-state index in [1.807, 2.05) is 13.2 Å². The average molecular weight is 388 g/mol. The molecule has 0 spiro atoms. The van der Waals surface area contributed by atoms with Gasteiger partial charge in [0.05, 0.1) is 16.8 Å². The van der Waals surface area contributed by atoms with Gasteiger partial charge in [-0.25, -0.2) is 8.42 Å². The largest absolute Gasteiger partial charge is 0.501 e. The molecule has 1 atom stereocenters. The molecular weight excluding hydrogens is 369 g/mol. The van der Waals surface area contributed by atoms with Crippen molar-refractivity contribution >= 4 is 21.2 Å². The Morgan fingerprint density at radius 2 is 1.92 bits per heavy atom. The minimum atomic E-state index is -5.31. The van der Waals surface area contributed by atoms with Crippen LogP contribution >= 0.6 is 0 Å². The predicted molar refractivity (Wildman–Crippen MR) is 91.7 cm³/mol. The fourth-order valence-corrected chi connectivity index (χ4v) is 3.76. The lowest BCUT2D eigenvalue weighted by Gasteiger charge is -2.34. The van der Waals surface area contributed by atoms with Crippen molar-refractivity contribution in [1.29, 1.82) is 0 Å². The Morgan fingerprint density at radius 1 is 1.23 bits per heavy atom. The maximum Gasteiger partial charge on any atom is 0.501 e. The molecule has 1 N–H and O–H groups in total. The van der Waals surface area contributed by atoms with Gasteiger partial charge in [0.1, 0.15) is 0 Å². The third-order valence-corrected chi connectivity index (χ3v) is 5.82. The monoisotopic (exact) mass is 388 g/mol. The number of sulfone groups is 1. The first kappa shape index (κ1) is 18.6. The molecular formula is C16H19F3N4O2S. The summed E-state index contributed by atoms with van der Waals surface area (Å²) < 4.78 is 62.3. The zero-order valence-corrected chi connectivity index (χ0v) is 14.9. The summed E-state index contributed by atoms with van der Waals surface area (Å²) in [7, 11) is -3.47. The highest BCUT2D eigenvalue weighted by molar-refractivity contribution is 7.92. The van der Waals surface area contributed by atoms with Crippen LogP contribution in [0.4, 0.5) is 24.5 Å². The molecule has 0 amide bonds. The van der Waals surface area contributed by atoms with Crippen molar-refractivity contribution in [2.45, 2.75) is 29.3 Å². The summed E-state index contributed by atoms with van der Waals surface area (Å²) in [6.45, 7) is 1.64. The Kier molecular flexibility index (Phi) is 4.87. The average Bonchev–Trinajstić information content (AvgIpc) is 3.01. The normalized spacial score (nSPS) is 18.8. The smallest absolute Gasteiger partial charge is 0.381 e. The Balaban J connectivity index is 1.67. The predicted octanol–water partition coefficient (Wildman–Crippen LogP) is 2.79. The third-order valence-electron chi connectivity index (χ3n) is 4.32. The second-order valence-electron chi connectivity index (χ2n) is 6.28. The molecule has 10 heteroatoms. The number of nitrogens with zero attached hydrogens (tertiary/aromatic N) is 3. The molecule has 26 heavy (non-hydrogen) atoms. The van der Waals surface area contributed by atoms with E-state index in [9.17, 15) is 21.6 Å². The summed E-state index contributed by atoms with van der Waals surface area (Å²) in [6, 6.07) is 4.79. The second kappa shape index (κ2) is 6.82. The van der Waals surface area contributed by atoms with Crippen molar-refractivity contribution in [3.63, 3.8) is 0 Å². The molecule has 1 saturated heterocycles. The second-order valence-corrected chi connectivity index (χ2v) is 8.22. The van der Waals surface area contributed by atoms with Crippen LogP contribution in [0.1, 0.15) is 12.8 Å². The van der Waals surface area contributed by atoms with Gasteiger partial charge in [0.2, 0.25) is 0 Å². The first-order chi connectivity index (χ1) is 12.2. The minimum Gasteiger partial charge on any atom is -0.381 e. The number of anilines is 2. The number of halogens is 3. The van der Waals surface area contributed by atoms with Gasteiger partial charge in [0, 0.05) is 38.1 Å². The number of alkyl halides is 3. The quantitative estimate of drug-likeness (QED) is 0.873. The van der Waals surface area contributed by atoms with Crippen molar-refractivity contribution in [2.24, 2.45) is 7.05 Å². The zero-order chi connectivity index (χ0) is 18.9. The van der Waals surface area contributed by atoms with E-state index >= 15 is 0 Å². The van der Waals surface area contributed by atoms with Gasteiger partial charge in [0.15, 0.2) is 0 Å². The molecule has 1 aliphatic heterocycles. The molecule has 0 saturated carbocycles. The molecule has 2 aromatic rings. The number of hydrogen-bond donors (Lipinski definition) is 1. The van der Waals surface area contributed by atoms with E-state index < -0.39 is 20.2 Å². The lowest BCUT2D eigenvalue weighted by atomic mass is 10.0. The molecule has 0 bridgehead atoms. The van der Waals surface area contributed by atoms with Gasteiger partial charge >= 0.3 is 5.51 Å². The highest BCUT2D eigenvalue weighted by Gasteiger charge is 2.46. The van der Waals surface area contributed by atoms with Crippen molar-refractivity contribution in [2.75, 3.05) is 23.3 Å². The molecule has 1 aromatic carbocycles. The SMILES string of the molecule is Cn1cc(N2CCCC(Nc3ccc(S(=O)(=O)C(F)(F)F)cc3)C2)cn1. The van der Waals surface area contributed by atoms with E-state index in [1.165, 1.54) is 12.1 Å². The van der Waals surface area contributed by atoms with Crippen molar-refractivity contribution < 1.29 is 21.6 Å². The van der Waals surface area contributed by atoms with E-state index in [-0.39, 0.29) is 6.04 Å². The maximum absolute atomic E-state index is 12.6. The fourth-order valence-electron chi connectivity index (χ4n) is 3.00. The lowest BCUT2D eigenvalue weighted by Crippen LogP contribution is -2.42. The van der Waals surface area contributed by atoms with Crippen LogP contribution in [0.5, 0.6) is 0 Å². The van der Waals surface area contributed by atoms with E-state index in [0.717, 1.165) is 43.8 Å². The first-order valence-corrected chi connectivity index (χ1v) is 9.57. The standard InChI is InChI=1S/C16H19F3N4O2S/c1-22-11-14(9-20-22)23-8-2-3-13(10-23)21-12-4-6-15(7-5-12)26(24,25)16(17,18)19/h4-7,9,11,13,21H,2-3,8,10H2,1H3. The number of aromatic nitrogens is 2. The summed E-state index contributed by atoms with van der Waals surface area (Å²) in [4.78, 5) is 1.44. The maximum atomic E-state index is 12.6. The molecule has 1 aromatic heterocycles. The highest BCUT2D eigenvalue weighted by Crippen LogP contribution is 2.31.